The SMILES string of the molecule is COC(C)CC(=O)Nc1ncccc1CN1CCc2ccccc2CC1. The van der Waals surface area contributed by atoms with E-state index in [2.05, 4.69) is 39.5 Å². The van der Waals surface area contributed by atoms with Crippen LogP contribution in [0, 0.1) is 0 Å². The molecule has 0 aliphatic carbocycles. The Morgan fingerprint density at radius 3 is 2.54 bits per heavy atom. The molecule has 138 valence electrons. The molecule has 1 aliphatic heterocycles. The quantitative estimate of drug-likeness (QED) is 0.867. The molecule has 0 fully saturated rings. The third-order valence-electron chi connectivity index (χ3n) is 4.93. The minimum absolute atomic E-state index is 0.0671. The molecular weight excluding hydrogens is 326 g/mol. The van der Waals surface area contributed by atoms with Crippen LogP contribution in [0.25, 0.3) is 0 Å². The van der Waals surface area contributed by atoms with Gasteiger partial charge < -0.3 is 10.1 Å². The molecule has 1 unspecified atom stereocenters. The summed E-state index contributed by atoms with van der Waals surface area (Å²) in [6.07, 6.45) is 4.06. The van der Waals surface area contributed by atoms with Crippen LogP contribution in [0.3, 0.4) is 0 Å². The zero-order chi connectivity index (χ0) is 18.4. The van der Waals surface area contributed by atoms with Crippen LogP contribution in [0.15, 0.2) is 42.6 Å². The highest BCUT2D eigenvalue weighted by Gasteiger charge is 2.17. The molecule has 1 atom stereocenters. The summed E-state index contributed by atoms with van der Waals surface area (Å²) in [7, 11) is 1.61. The van der Waals surface area contributed by atoms with Gasteiger partial charge in [-0.25, -0.2) is 4.98 Å². The van der Waals surface area contributed by atoms with Crippen molar-refractivity contribution >= 4 is 11.7 Å². The normalized spacial score (nSPS) is 15.8. The number of hydrogen-bond donors (Lipinski definition) is 1. The molecule has 1 aromatic carbocycles. The van der Waals surface area contributed by atoms with Crippen molar-refractivity contribution in [2.45, 2.75) is 38.8 Å². The first-order valence-electron chi connectivity index (χ1n) is 9.21. The first-order chi connectivity index (χ1) is 12.7. The van der Waals surface area contributed by atoms with E-state index in [1.807, 2.05) is 19.1 Å². The van der Waals surface area contributed by atoms with Crippen molar-refractivity contribution < 1.29 is 9.53 Å². The highest BCUT2D eigenvalue weighted by molar-refractivity contribution is 5.90. The number of nitrogens with zero attached hydrogens (tertiary/aromatic N) is 2. The van der Waals surface area contributed by atoms with E-state index in [1.54, 1.807) is 13.3 Å². The smallest absolute Gasteiger partial charge is 0.228 e. The Labute approximate surface area is 155 Å². The summed E-state index contributed by atoms with van der Waals surface area (Å²) in [4.78, 5) is 19.0. The van der Waals surface area contributed by atoms with Crippen LogP contribution >= 0.6 is 0 Å². The van der Waals surface area contributed by atoms with Gasteiger partial charge in [0.1, 0.15) is 5.82 Å². The second-order valence-electron chi connectivity index (χ2n) is 6.85. The molecule has 0 bridgehead atoms. The van der Waals surface area contributed by atoms with E-state index in [4.69, 9.17) is 4.74 Å². The number of hydrogen-bond acceptors (Lipinski definition) is 4. The minimum atomic E-state index is -0.105. The van der Waals surface area contributed by atoms with Crippen molar-refractivity contribution in [1.82, 2.24) is 9.88 Å². The van der Waals surface area contributed by atoms with Gasteiger partial charge in [-0.05, 0) is 37.0 Å². The van der Waals surface area contributed by atoms with E-state index in [0.29, 0.717) is 12.2 Å². The van der Waals surface area contributed by atoms with Crippen LogP contribution in [-0.4, -0.2) is 42.1 Å². The minimum Gasteiger partial charge on any atom is -0.381 e. The number of carbonyl (C=O) groups is 1. The topological polar surface area (TPSA) is 54.5 Å². The van der Waals surface area contributed by atoms with Crippen molar-refractivity contribution in [3.63, 3.8) is 0 Å². The summed E-state index contributed by atoms with van der Waals surface area (Å²) in [6.45, 7) is 4.70. The van der Waals surface area contributed by atoms with Gasteiger partial charge in [0.25, 0.3) is 0 Å². The number of amides is 1. The molecule has 2 heterocycles. The second-order valence-corrected chi connectivity index (χ2v) is 6.85. The number of nitrogens with one attached hydrogen (secondary N) is 1. The summed E-state index contributed by atoms with van der Waals surface area (Å²) in [5, 5.41) is 2.94. The highest BCUT2D eigenvalue weighted by atomic mass is 16.5. The number of rotatable bonds is 6. The Balaban J connectivity index is 1.64. The van der Waals surface area contributed by atoms with Gasteiger partial charge in [-0.2, -0.15) is 0 Å². The molecule has 5 nitrogen and oxygen atoms in total. The Morgan fingerprint density at radius 2 is 1.88 bits per heavy atom. The molecule has 0 radical (unpaired) electrons. The molecule has 0 spiro atoms. The fraction of sp³-hybridized carbons (Fsp3) is 0.429. The number of ether oxygens (including phenoxy) is 1. The maximum absolute atomic E-state index is 12.2. The monoisotopic (exact) mass is 353 g/mol. The van der Waals surface area contributed by atoms with Crippen molar-refractivity contribution in [1.29, 1.82) is 0 Å². The van der Waals surface area contributed by atoms with Gasteiger partial charge in [-0.3, -0.25) is 9.69 Å². The summed E-state index contributed by atoms with van der Waals surface area (Å²) < 4.78 is 5.17. The van der Waals surface area contributed by atoms with E-state index in [0.717, 1.165) is 38.0 Å². The first kappa shape index (κ1) is 18.5. The fourth-order valence-electron chi connectivity index (χ4n) is 3.32. The van der Waals surface area contributed by atoms with E-state index in [1.165, 1.54) is 11.1 Å². The number of aromatic nitrogens is 1. The lowest BCUT2D eigenvalue weighted by Crippen LogP contribution is -2.27. The molecule has 1 aromatic heterocycles. The number of pyridine rings is 1. The molecule has 2 aromatic rings. The van der Waals surface area contributed by atoms with Crippen molar-refractivity contribution in [2.75, 3.05) is 25.5 Å². The Kier molecular flexibility index (Phi) is 6.36. The maximum Gasteiger partial charge on any atom is 0.228 e. The van der Waals surface area contributed by atoms with Gasteiger partial charge in [0.05, 0.1) is 12.5 Å². The van der Waals surface area contributed by atoms with Gasteiger partial charge in [0.15, 0.2) is 0 Å². The van der Waals surface area contributed by atoms with E-state index >= 15 is 0 Å². The Hall–Kier alpha value is -2.24. The summed E-state index contributed by atoms with van der Waals surface area (Å²) in [6, 6.07) is 12.7. The molecule has 26 heavy (non-hydrogen) atoms. The Morgan fingerprint density at radius 1 is 1.19 bits per heavy atom. The summed E-state index contributed by atoms with van der Waals surface area (Å²) in [5.74, 6) is 0.588. The lowest BCUT2D eigenvalue weighted by atomic mass is 10.0. The predicted octanol–water partition coefficient (Wildman–Crippen LogP) is 3.05. The number of fused-ring (bicyclic) bond motifs is 1. The van der Waals surface area contributed by atoms with E-state index in [-0.39, 0.29) is 12.0 Å². The number of methoxy groups -OCH3 is 1. The maximum atomic E-state index is 12.2. The van der Waals surface area contributed by atoms with Crippen molar-refractivity contribution in [2.24, 2.45) is 0 Å². The summed E-state index contributed by atoms with van der Waals surface area (Å²) >= 11 is 0. The first-order valence-corrected chi connectivity index (χ1v) is 9.21. The second kappa shape index (κ2) is 8.92. The van der Waals surface area contributed by atoms with Crippen LogP contribution in [0.4, 0.5) is 5.82 Å². The molecule has 3 rings (SSSR count). The van der Waals surface area contributed by atoms with Crippen LogP contribution in [0.2, 0.25) is 0 Å². The third kappa shape index (κ3) is 4.90. The van der Waals surface area contributed by atoms with Crippen LogP contribution < -0.4 is 5.32 Å². The number of anilines is 1. The number of benzene rings is 1. The third-order valence-corrected chi connectivity index (χ3v) is 4.93. The largest absolute Gasteiger partial charge is 0.381 e. The summed E-state index contributed by atoms with van der Waals surface area (Å²) in [5.41, 5.74) is 3.95. The number of carbonyl (C=O) groups excluding carboxylic acids is 1. The van der Waals surface area contributed by atoms with E-state index < -0.39 is 0 Å². The zero-order valence-electron chi connectivity index (χ0n) is 15.6. The average molecular weight is 353 g/mol. The molecular formula is C21H27N3O2. The van der Waals surface area contributed by atoms with Gasteiger partial charge in [-0.15, -0.1) is 0 Å². The molecule has 0 saturated heterocycles. The average Bonchev–Trinajstić information content (AvgIpc) is 2.86. The standard InChI is InChI=1S/C21H27N3O2/c1-16(26-2)14-20(25)23-21-19(8-5-11-22-21)15-24-12-9-17-6-3-4-7-18(17)10-13-24/h3-8,11,16H,9-10,12-15H2,1-2H3,(H,22,23,25). The van der Waals surface area contributed by atoms with Crippen LogP contribution in [0.1, 0.15) is 30.0 Å². The van der Waals surface area contributed by atoms with Crippen molar-refractivity contribution in [3.05, 3.63) is 59.3 Å². The van der Waals surface area contributed by atoms with Crippen LogP contribution in [-0.2, 0) is 28.9 Å². The Bertz CT molecular complexity index is 721. The zero-order valence-corrected chi connectivity index (χ0v) is 15.6. The van der Waals surface area contributed by atoms with Crippen LogP contribution in [0.5, 0.6) is 0 Å². The van der Waals surface area contributed by atoms with Gasteiger partial charge in [0.2, 0.25) is 5.91 Å². The molecule has 1 aliphatic rings. The highest BCUT2D eigenvalue weighted by Crippen LogP contribution is 2.19. The van der Waals surface area contributed by atoms with Gasteiger partial charge >= 0.3 is 0 Å². The van der Waals surface area contributed by atoms with Gasteiger partial charge in [-0.1, -0.05) is 30.3 Å². The molecule has 5 heteroatoms. The predicted molar refractivity (Wildman–Crippen MR) is 103 cm³/mol. The lowest BCUT2D eigenvalue weighted by Gasteiger charge is -2.21. The molecule has 0 saturated carbocycles. The molecule has 1 N–H and O–H groups in total. The molecule has 1 amide bonds. The fourth-order valence-corrected chi connectivity index (χ4v) is 3.32. The lowest BCUT2D eigenvalue weighted by molar-refractivity contribution is -0.118. The van der Waals surface area contributed by atoms with Gasteiger partial charge in [0, 0.05) is 38.5 Å². The van der Waals surface area contributed by atoms with E-state index in [9.17, 15) is 4.79 Å². The van der Waals surface area contributed by atoms with Crippen molar-refractivity contribution in [3.8, 4) is 0 Å².